The second kappa shape index (κ2) is 12.5. The van der Waals surface area contributed by atoms with Crippen molar-refractivity contribution in [1.29, 1.82) is 0 Å². The fourth-order valence-corrected chi connectivity index (χ4v) is 4.32. The van der Waals surface area contributed by atoms with Gasteiger partial charge in [-0.15, -0.1) is 6.58 Å². The molecule has 36 heavy (non-hydrogen) atoms. The van der Waals surface area contributed by atoms with Crippen LogP contribution in [0.3, 0.4) is 0 Å². The fourth-order valence-electron chi connectivity index (χ4n) is 4.05. The highest BCUT2D eigenvalue weighted by atomic mass is 35.5. The number of nitrogens with two attached hydrogens (primary N) is 1. The fraction of sp³-hybridized carbons (Fsp3) is 0.296. The highest BCUT2D eigenvalue weighted by Gasteiger charge is 2.20. The second-order valence-electron chi connectivity index (χ2n) is 8.53. The number of aromatic nitrogens is 4. The van der Waals surface area contributed by atoms with Crippen LogP contribution in [-0.2, 0) is 35.8 Å². The summed E-state index contributed by atoms with van der Waals surface area (Å²) >= 11 is 6.33. The first kappa shape index (κ1) is 25.6. The number of allylic oxidation sites excluding steroid dienone is 1. The van der Waals surface area contributed by atoms with E-state index >= 15 is 0 Å². The van der Waals surface area contributed by atoms with E-state index in [2.05, 4.69) is 16.5 Å². The van der Waals surface area contributed by atoms with Gasteiger partial charge in [0.2, 0.25) is 5.95 Å². The molecule has 4 aromatic rings. The summed E-state index contributed by atoms with van der Waals surface area (Å²) in [6, 6.07) is 20.0. The molecule has 0 unspecified atom stereocenters. The average Bonchev–Trinajstić information content (AvgIpc) is 3.14. The molecule has 2 aromatic carbocycles. The zero-order valence-electron chi connectivity index (χ0n) is 20.1. The van der Waals surface area contributed by atoms with Gasteiger partial charge >= 0.3 is 5.69 Å². The third kappa shape index (κ3) is 6.40. The number of nitrogen functional groups attached to an aromatic ring is 1. The van der Waals surface area contributed by atoms with E-state index in [1.165, 1.54) is 4.57 Å². The van der Waals surface area contributed by atoms with Crippen molar-refractivity contribution in [2.75, 3.05) is 18.9 Å². The van der Waals surface area contributed by atoms with Crippen molar-refractivity contribution in [2.24, 2.45) is 5.92 Å². The van der Waals surface area contributed by atoms with E-state index < -0.39 is 0 Å². The molecule has 9 heteroatoms. The summed E-state index contributed by atoms with van der Waals surface area (Å²) < 4.78 is 15.1. The van der Waals surface area contributed by atoms with Gasteiger partial charge in [0.25, 0.3) is 0 Å². The highest BCUT2D eigenvalue weighted by molar-refractivity contribution is 6.33. The molecule has 0 atom stereocenters. The van der Waals surface area contributed by atoms with Gasteiger partial charge < -0.3 is 15.2 Å². The molecule has 0 radical (unpaired) electrons. The van der Waals surface area contributed by atoms with Crippen LogP contribution in [0.5, 0.6) is 0 Å². The molecule has 0 spiro atoms. The van der Waals surface area contributed by atoms with Gasteiger partial charge in [-0.1, -0.05) is 78.3 Å². The summed E-state index contributed by atoms with van der Waals surface area (Å²) in [4.78, 5) is 21.5. The zero-order valence-corrected chi connectivity index (χ0v) is 20.8. The third-order valence-corrected chi connectivity index (χ3v) is 6.09. The number of rotatable bonds is 13. The van der Waals surface area contributed by atoms with E-state index in [4.69, 9.17) is 26.8 Å². The van der Waals surface area contributed by atoms with Gasteiger partial charge in [-0.3, -0.25) is 9.13 Å². The molecule has 0 saturated heterocycles. The van der Waals surface area contributed by atoms with Crippen LogP contribution in [0.15, 0.2) is 78.1 Å². The lowest BCUT2D eigenvalue weighted by Gasteiger charge is -2.18. The summed E-state index contributed by atoms with van der Waals surface area (Å²) in [7, 11) is 0. The molecule has 2 heterocycles. The van der Waals surface area contributed by atoms with Gasteiger partial charge in [0.05, 0.1) is 26.4 Å². The Hall–Kier alpha value is -3.46. The van der Waals surface area contributed by atoms with Crippen molar-refractivity contribution < 1.29 is 9.47 Å². The lowest BCUT2D eigenvalue weighted by molar-refractivity contribution is 0.0225. The largest absolute Gasteiger partial charge is 0.376 e. The standard InChI is InChI=1S/C27H30ClN5O3/c1-2-14-32-23-24(28)30-26(29)31-25(23)33(27(32)34)15-13-22(18-35-16-20-9-5-3-6-10-20)19-36-17-21-11-7-4-8-12-21/h2-12,22H,1,13-19H2,(H2,29,30,31). The van der Waals surface area contributed by atoms with Crippen molar-refractivity contribution in [3.05, 3.63) is 100 Å². The topological polar surface area (TPSA) is 97.2 Å². The molecule has 2 aromatic heterocycles. The van der Waals surface area contributed by atoms with E-state index in [-0.39, 0.29) is 22.7 Å². The summed E-state index contributed by atoms with van der Waals surface area (Å²) in [5.74, 6) is 0.0720. The summed E-state index contributed by atoms with van der Waals surface area (Å²) in [5.41, 5.74) is 8.67. The smallest absolute Gasteiger partial charge is 0.330 e. The number of benzene rings is 2. The lowest BCUT2D eigenvalue weighted by atomic mass is 10.1. The predicted octanol–water partition coefficient (Wildman–Crippen LogP) is 4.45. The van der Waals surface area contributed by atoms with Crippen LogP contribution in [0.2, 0.25) is 5.15 Å². The van der Waals surface area contributed by atoms with Crippen molar-refractivity contribution in [1.82, 2.24) is 19.1 Å². The maximum atomic E-state index is 13.2. The molecule has 2 N–H and O–H groups in total. The van der Waals surface area contributed by atoms with Crippen LogP contribution in [0.25, 0.3) is 11.2 Å². The first-order chi connectivity index (χ1) is 17.6. The maximum Gasteiger partial charge on any atom is 0.330 e. The summed E-state index contributed by atoms with van der Waals surface area (Å²) in [6.07, 6.45) is 2.27. The number of anilines is 1. The third-order valence-electron chi connectivity index (χ3n) is 5.83. The minimum atomic E-state index is -0.235. The van der Waals surface area contributed by atoms with Gasteiger partial charge in [-0.25, -0.2) is 4.79 Å². The van der Waals surface area contributed by atoms with Crippen LogP contribution < -0.4 is 11.4 Å². The van der Waals surface area contributed by atoms with Gasteiger partial charge in [0.1, 0.15) is 5.52 Å². The zero-order chi connectivity index (χ0) is 25.3. The molecular formula is C27H30ClN5O3. The van der Waals surface area contributed by atoms with Crippen LogP contribution >= 0.6 is 11.6 Å². The Morgan fingerprint density at radius 2 is 1.53 bits per heavy atom. The number of nitrogens with zero attached hydrogens (tertiary/aromatic N) is 4. The van der Waals surface area contributed by atoms with E-state index in [0.29, 0.717) is 57.1 Å². The molecule has 188 valence electrons. The quantitative estimate of drug-likeness (QED) is 0.212. The van der Waals surface area contributed by atoms with E-state index in [1.54, 1.807) is 10.6 Å². The molecule has 0 amide bonds. The first-order valence-electron chi connectivity index (χ1n) is 11.8. The SMILES string of the molecule is C=CCn1c(=O)n(CCC(COCc2ccccc2)COCc2ccccc2)c2nc(N)nc(Cl)c21. The normalized spacial score (nSPS) is 11.4. The minimum Gasteiger partial charge on any atom is -0.376 e. The van der Waals surface area contributed by atoms with Crippen molar-refractivity contribution in [3.8, 4) is 0 Å². The Morgan fingerprint density at radius 3 is 2.08 bits per heavy atom. The summed E-state index contributed by atoms with van der Waals surface area (Å²) in [6.45, 7) is 6.43. The summed E-state index contributed by atoms with van der Waals surface area (Å²) in [5, 5.41) is 0.143. The minimum absolute atomic E-state index is 0.0194. The molecule has 0 aliphatic heterocycles. The van der Waals surface area contributed by atoms with Gasteiger partial charge in [0, 0.05) is 19.0 Å². The Bertz CT molecular complexity index is 1290. The van der Waals surface area contributed by atoms with Crippen LogP contribution in [0.4, 0.5) is 5.95 Å². The molecule has 0 aliphatic rings. The number of ether oxygens (including phenoxy) is 2. The molecule has 0 aliphatic carbocycles. The van der Waals surface area contributed by atoms with Crippen LogP contribution in [0.1, 0.15) is 17.5 Å². The average molecular weight is 508 g/mol. The molecule has 0 fully saturated rings. The van der Waals surface area contributed by atoms with Crippen molar-refractivity contribution in [2.45, 2.75) is 32.7 Å². The number of aryl methyl sites for hydroxylation is 1. The Morgan fingerprint density at radius 1 is 0.944 bits per heavy atom. The maximum absolute atomic E-state index is 13.2. The lowest BCUT2D eigenvalue weighted by Crippen LogP contribution is -2.26. The number of fused-ring (bicyclic) bond motifs is 1. The molecule has 4 rings (SSSR count). The Labute approximate surface area is 215 Å². The number of hydrogen-bond acceptors (Lipinski definition) is 6. The van der Waals surface area contributed by atoms with Crippen LogP contribution in [-0.4, -0.2) is 32.3 Å². The Kier molecular flexibility index (Phi) is 8.89. The van der Waals surface area contributed by atoms with Crippen molar-refractivity contribution in [3.63, 3.8) is 0 Å². The predicted molar refractivity (Wildman–Crippen MR) is 142 cm³/mol. The molecule has 8 nitrogen and oxygen atoms in total. The van der Waals surface area contributed by atoms with Gasteiger partial charge in [0.15, 0.2) is 10.8 Å². The van der Waals surface area contributed by atoms with Crippen molar-refractivity contribution >= 4 is 28.7 Å². The van der Waals surface area contributed by atoms with E-state index in [1.807, 2.05) is 60.7 Å². The molecule has 0 saturated carbocycles. The monoisotopic (exact) mass is 507 g/mol. The van der Waals surface area contributed by atoms with Gasteiger partial charge in [-0.2, -0.15) is 9.97 Å². The number of imidazole rings is 1. The Balaban J connectivity index is 1.49. The van der Waals surface area contributed by atoms with E-state index in [9.17, 15) is 4.79 Å². The van der Waals surface area contributed by atoms with Gasteiger partial charge in [-0.05, 0) is 17.5 Å². The first-order valence-corrected chi connectivity index (χ1v) is 12.2. The highest BCUT2D eigenvalue weighted by Crippen LogP contribution is 2.22. The van der Waals surface area contributed by atoms with E-state index in [0.717, 1.165) is 11.1 Å². The second-order valence-corrected chi connectivity index (χ2v) is 8.89. The number of halogens is 1. The number of hydrogen-bond donors (Lipinski definition) is 1. The van der Waals surface area contributed by atoms with Crippen LogP contribution in [0, 0.1) is 5.92 Å². The molecular weight excluding hydrogens is 478 g/mol. The molecule has 0 bridgehead atoms.